The first kappa shape index (κ1) is 30.3. The van der Waals surface area contributed by atoms with Crippen molar-refractivity contribution in [3.05, 3.63) is 35.1 Å². The van der Waals surface area contributed by atoms with E-state index >= 15 is 0 Å². The number of benzene rings is 1. The number of likely N-dealkylation sites (tertiary alicyclic amines) is 1. The highest BCUT2D eigenvalue weighted by molar-refractivity contribution is 5.87. The molecule has 2 aliphatic heterocycles. The number of aliphatic hydroxyl groups excluding tert-OH is 1. The summed E-state index contributed by atoms with van der Waals surface area (Å²) in [6.07, 6.45) is -6.13. The molecule has 5 N–H and O–H groups in total. The summed E-state index contributed by atoms with van der Waals surface area (Å²) in [5.41, 5.74) is -0.709. The quantitative estimate of drug-likeness (QED) is 0.165. The molecule has 15 nitrogen and oxygen atoms in total. The number of aromatic hydroxyl groups is 1. The van der Waals surface area contributed by atoms with Crippen LogP contribution in [0, 0.1) is 0 Å². The Morgan fingerprint density at radius 3 is 2.51 bits per heavy atom. The monoisotopic (exact) mass is 605 g/mol. The van der Waals surface area contributed by atoms with Gasteiger partial charge in [-0.25, -0.2) is 14.4 Å². The molecule has 5 rings (SSSR count). The van der Waals surface area contributed by atoms with Crippen LogP contribution in [0.15, 0.2) is 24.0 Å². The zero-order chi connectivity index (χ0) is 31.4. The molecule has 15 heteroatoms. The molecule has 0 saturated carbocycles. The van der Waals surface area contributed by atoms with Crippen molar-refractivity contribution in [3.8, 4) is 11.5 Å². The lowest BCUT2D eigenvalue weighted by Gasteiger charge is -2.61. The number of piperidine rings is 1. The summed E-state index contributed by atoms with van der Waals surface area (Å²) in [6, 6.07) is 3.05. The Labute approximate surface area is 244 Å². The summed E-state index contributed by atoms with van der Waals surface area (Å²) in [6.45, 7) is 1.62. The number of phenols is 1. The standard InChI is InChI=1S/C28H31NO14/c1-12(25(37)42-17(24(35)36)11-19(32)33)40-26(38)15(31)10-20(34)41-16-5-6-28(39)18-9-13-3-4-14(30)22-21(13)27(28,23(16)43-22)7-8-29(18)2/h3-5,12,15,17-18,23,30-31,39H,6-11H2,1-2H3,(H,32,33)(H,35,36)/t12?,15?,17?,18-,23+,27+,28-/m1/s1. The van der Waals surface area contributed by atoms with E-state index in [1.165, 1.54) is 12.1 Å². The number of esters is 3. The summed E-state index contributed by atoms with van der Waals surface area (Å²) >= 11 is 0. The van der Waals surface area contributed by atoms with Gasteiger partial charge in [0.05, 0.1) is 23.9 Å². The Morgan fingerprint density at radius 2 is 1.84 bits per heavy atom. The van der Waals surface area contributed by atoms with Gasteiger partial charge in [0.15, 0.2) is 29.8 Å². The van der Waals surface area contributed by atoms with Crippen LogP contribution in [0.4, 0.5) is 0 Å². The number of phenolic OH excluding ortho intramolecular Hbond substituents is 1. The first-order chi connectivity index (χ1) is 20.2. The van der Waals surface area contributed by atoms with Gasteiger partial charge in [0, 0.05) is 18.0 Å². The number of carbonyl (C=O) groups is 5. The fraction of sp³-hybridized carbons (Fsp3) is 0.536. The summed E-state index contributed by atoms with van der Waals surface area (Å²) in [5.74, 6) is -6.96. The Hall–Kier alpha value is -4.21. The van der Waals surface area contributed by atoms with Crippen molar-refractivity contribution in [1.29, 1.82) is 0 Å². The Bertz CT molecular complexity index is 1420. The van der Waals surface area contributed by atoms with Gasteiger partial charge in [0.1, 0.15) is 5.76 Å². The topological polar surface area (TPSA) is 227 Å². The number of likely N-dealkylation sites (N-methyl/N-ethyl adjacent to an activating group) is 1. The molecular formula is C28H31NO14. The lowest BCUT2D eigenvalue weighted by atomic mass is 9.50. The van der Waals surface area contributed by atoms with E-state index in [0.717, 1.165) is 12.5 Å². The van der Waals surface area contributed by atoms with E-state index < -0.39 is 78.1 Å². The summed E-state index contributed by atoms with van der Waals surface area (Å²) < 4.78 is 21.0. The molecule has 1 spiro atoms. The molecule has 2 aliphatic carbocycles. The smallest absolute Gasteiger partial charge is 0.348 e. The molecule has 7 atom stereocenters. The van der Waals surface area contributed by atoms with Crippen molar-refractivity contribution in [2.75, 3.05) is 13.6 Å². The second-order valence-corrected chi connectivity index (χ2v) is 11.2. The molecule has 0 radical (unpaired) electrons. The van der Waals surface area contributed by atoms with Gasteiger partial charge in [-0.1, -0.05) is 6.07 Å². The van der Waals surface area contributed by atoms with Crippen LogP contribution in [0.25, 0.3) is 0 Å². The minimum Gasteiger partial charge on any atom is -0.504 e. The van der Waals surface area contributed by atoms with Crippen LogP contribution >= 0.6 is 0 Å². The number of carbonyl (C=O) groups excluding carboxylic acids is 3. The van der Waals surface area contributed by atoms with E-state index in [1.54, 1.807) is 6.07 Å². The Morgan fingerprint density at radius 1 is 1.12 bits per heavy atom. The normalized spacial score (nSPS) is 28.7. The molecular weight excluding hydrogens is 574 g/mol. The number of aliphatic hydroxyl groups is 2. The Kier molecular flexibility index (Phi) is 7.61. The van der Waals surface area contributed by atoms with Gasteiger partial charge in [0.25, 0.3) is 0 Å². The molecule has 1 fully saturated rings. The molecule has 3 unspecified atom stereocenters. The minimum absolute atomic E-state index is 0.0529. The van der Waals surface area contributed by atoms with Crippen LogP contribution in [-0.2, 0) is 50.0 Å². The predicted octanol–water partition coefficient (Wildman–Crippen LogP) is -0.633. The maximum atomic E-state index is 12.8. The summed E-state index contributed by atoms with van der Waals surface area (Å²) in [5, 5.41) is 50.7. The SMILES string of the molecule is CC(OC(=O)C(O)CC(=O)OC1=CC[C@@]2(O)[C@H]3Cc4ccc(O)c5c4[C@@]2(CCN3C)[C@H]1O5)C(=O)OC(CC(=O)O)C(=O)O. The maximum Gasteiger partial charge on any atom is 0.348 e. The predicted molar refractivity (Wildman–Crippen MR) is 139 cm³/mol. The molecule has 1 saturated heterocycles. The molecule has 232 valence electrons. The van der Waals surface area contributed by atoms with Gasteiger partial charge in [-0.2, -0.15) is 0 Å². The van der Waals surface area contributed by atoms with Crippen molar-refractivity contribution in [1.82, 2.24) is 4.90 Å². The van der Waals surface area contributed by atoms with Crippen molar-refractivity contribution in [3.63, 3.8) is 0 Å². The van der Waals surface area contributed by atoms with Crippen LogP contribution < -0.4 is 4.74 Å². The second kappa shape index (κ2) is 10.8. The van der Waals surface area contributed by atoms with E-state index in [9.17, 15) is 39.3 Å². The number of hydrogen-bond donors (Lipinski definition) is 5. The van der Waals surface area contributed by atoms with Crippen LogP contribution in [-0.4, -0.2) is 110 Å². The zero-order valence-corrected chi connectivity index (χ0v) is 23.2. The van der Waals surface area contributed by atoms with Crippen molar-refractivity contribution in [2.45, 2.75) is 80.5 Å². The molecule has 4 aliphatic rings. The Balaban J connectivity index is 1.26. The lowest BCUT2D eigenvalue weighted by Crippen LogP contribution is -2.74. The maximum absolute atomic E-state index is 12.8. The highest BCUT2D eigenvalue weighted by Gasteiger charge is 2.72. The van der Waals surface area contributed by atoms with E-state index in [4.69, 9.17) is 24.4 Å². The molecule has 1 aromatic rings. The number of carboxylic acids is 2. The third kappa shape index (κ3) is 4.86. The van der Waals surface area contributed by atoms with Crippen LogP contribution in [0.2, 0.25) is 0 Å². The van der Waals surface area contributed by atoms with Gasteiger partial charge in [-0.05, 0) is 51.1 Å². The first-order valence-electron chi connectivity index (χ1n) is 13.6. The van der Waals surface area contributed by atoms with Crippen molar-refractivity contribution in [2.24, 2.45) is 0 Å². The van der Waals surface area contributed by atoms with Crippen LogP contribution in [0.3, 0.4) is 0 Å². The van der Waals surface area contributed by atoms with Gasteiger partial charge in [-0.3, -0.25) is 9.59 Å². The minimum atomic E-state index is -2.09. The number of hydrogen-bond acceptors (Lipinski definition) is 13. The van der Waals surface area contributed by atoms with Gasteiger partial charge < -0.3 is 49.4 Å². The number of rotatable bonds is 10. The average molecular weight is 606 g/mol. The average Bonchev–Trinajstić information content (AvgIpc) is 3.29. The highest BCUT2D eigenvalue weighted by atomic mass is 16.6. The van der Waals surface area contributed by atoms with Crippen molar-refractivity contribution >= 4 is 29.8 Å². The van der Waals surface area contributed by atoms with Gasteiger partial charge in [-0.15, -0.1) is 0 Å². The molecule has 1 aromatic carbocycles. The van der Waals surface area contributed by atoms with Gasteiger partial charge >= 0.3 is 29.8 Å². The van der Waals surface area contributed by atoms with Crippen LogP contribution in [0.5, 0.6) is 11.5 Å². The molecule has 43 heavy (non-hydrogen) atoms. The lowest BCUT2D eigenvalue weighted by molar-refractivity contribution is -0.181. The van der Waals surface area contributed by atoms with E-state index in [1.807, 2.05) is 7.05 Å². The number of carboxylic acid groups (broad SMARTS) is 2. The molecule has 0 amide bonds. The van der Waals surface area contributed by atoms with Crippen molar-refractivity contribution < 1.29 is 68.5 Å². The molecule has 2 heterocycles. The van der Waals surface area contributed by atoms with Gasteiger partial charge in [0.2, 0.25) is 6.10 Å². The van der Waals surface area contributed by atoms with E-state index in [0.29, 0.717) is 24.9 Å². The van der Waals surface area contributed by atoms with E-state index in [2.05, 4.69) is 9.64 Å². The molecule has 0 aromatic heterocycles. The molecule has 2 bridgehead atoms. The first-order valence-corrected chi connectivity index (χ1v) is 13.6. The second-order valence-electron chi connectivity index (χ2n) is 11.2. The fourth-order valence-electron chi connectivity index (χ4n) is 6.73. The number of aliphatic carboxylic acids is 2. The summed E-state index contributed by atoms with van der Waals surface area (Å²) in [4.78, 5) is 61.3. The number of nitrogens with zero attached hydrogens (tertiary/aromatic N) is 1. The fourth-order valence-corrected chi connectivity index (χ4v) is 6.73. The summed E-state index contributed by atoms with van der Waals surface area (Å²) in [7, 11) is 1.92. The largest absolute Gasteiger partial charge is 0.504 e. The van der Waals surface area contributed by atoms with Crippen LogP contribution in [0.1, 0.15) is 43.7 Å². The third-order valence-corrected chi connectivity index (χ3v) is 8.74. The zero-order valence-electron chi connectivity index (χ0n) is 23.2. The number of ether oxygens (including phenoxy) is 4. The highest BCUT2D eigenvalue weighted by Crippen LogP contribution is 2.65. The third-order valence-electron chi connectivity index (χ3n) is 8.74. The van der Waals surface area contributed by atoms with E-state index in [-0.39, 0.29) is 29.7 Å².